The van der Waals surface area contributed by atoms with Crippen LogP contribution in [-0.4, -0.2) is 54.2 Å². The summed E-state index contributed by atoms with van der Waals surface area (Å²) in [6.45, 7) is 4.16. The molecule has 2 aromatic rings. The molecule has 29 heavy (non-hydrogen) atoms. The molecular formula is C22H31N3O3S. The van der Waals surface area contributed by atoms with Crippen molar-refractivity contribution < 1.29 is 13.2 Å². The van der Waals surface area contributed by atoms with Crippen LogP contribution >= 0.6 is 0 Å². The van der Waals surface area contributed by atoms with E-state index in [-0.39, 0.29) is 10.9 Å². The highest BCUT2D eigenvalue weighted by Crippen LogP contribution is 2.28. The Morgan fingerprint density at radius 1 is 1.10 bits per heavy atom. The molecule has 1 atom stereocenters. The van der Waals surface area contributed by atoms with Crippen LogP contribution in [0.15, 0.2) is 47.4 Å². The number of aryl methyl sites for hydroxylation is 1. The van der Waals surface area contributed by atoms with Crippen LogP contribution in [-0.2, 0) is 10.0 Å². The Hall–Kier alpha value is -2.09. The molecule has 0 saturated carbocycles. The van der Waals surface area contributed by atoms with E-state index in [1.807, 2.05) is 27.1 Å². The fourth-order valence-electron chi connectivity index (χ4n) is 3.77. The van der Waals surface area contributed by atoms with Crippen LogP contribution in [0.4, 0.5) is 5.69 Å². The van der Waals surface area contributed by atoms with Gasteiger partial charge in [0.1, 0.15) is 10.6 Å². The van der Waals surface area contributed by atoms with Gasteiger partial charge in [0.2, 0.25) is 10.0 Å². The zero-order chi connectivity index (χ0) is 21.0. The Morgan fingerprint density at radius 3 is 2.34 bits per heavy atom. The van der Waals surface area contributed by atoms with Crippen molar-refractivity contribution in [1.29, 1.82) is 0 Å². The van der Waals surface area contributed by atoms with E-state index in [0.29, 0.717) is 12.3 Å². The second-order valence-electron chi connectivity index (χ2n) is 7.75. The number of nitrogens with one attached hydrogen (secondary N) is 1. The van der Waals surface area contributed by atoms with E-state index in [4.69, 9.17) is 4.74 Å². The highest BCUT2D eigenvalue weighted by Gasteiger charge is 2.27. The summed E-state index contributed by atoms with van der Waals surface area (Å²) >= 11 is 0. The molecule has 1 N–H and O–H groups in total. The van der Waals surface area contributed by atoms with Gasteiger partial charge in [0.05, 0.1) is 7.11 Å². The van der Waals surface area contributed by atoms with E-state index in [9.17, 15) is 8.42 Å². The van der Waals surface area contributed by atoms with E-state index in [0.717, 1.165) is 42.7 Å². The van der Waals surface area contributed by atoms with Crippen molar-refractivity contribution >= 4 is 15.7 Å². The minimum atomic E-state index is -3.69. The van der Waals surface area contributed by atoms with Gasteiger partial charge in [0, 0.05) is 32.4 Å². The first-order valence-electron chi connectivity index (χ1n) is 9.97. The lowest BCUT2D eigenvalue weighted by Gasteiger charge is -2.28. The first-order valence-corrected chi connectivity index (χ1v) is 11.5. The van der Waals surface area contributed by atoms with Gasteiger partial charge in [-0.2, -0.15) is 0 Å². The topological polar surface area (TPSA) is 61.9 Å². The molecule has 0 radical (unpaired) electrons. The quantitative estimate of drug-likeness (QED) is 0.715. The molecule has 6 nitrogen and oxygen atoms in total. The van der Waals surface area contributed by atoms with Gasteiger partial charge in [-0.05, 0) is 68.2 Å². The maximum Gasteiger partial charge on any atom is 0.244 e. The Bertz CT molecular complexity index is 921. The fraction of sp³-hybridized carbons (Fsp3) is 0.455. The number of hydrogen-bond acceptors (Lipinski definition) is 5. The third-order valence-corrected chi connectivity index (χ3v) is 6.90. The van der Waals surface area contributed by atoms with Crippen molar-refractivity contribution in [3.8, 4) is 5.75 Å². The Labute approximate surface area is 174 Å². The van der Waals surface area contributed by atoms with Gasteiger partial charge >= 0.3 is 0 Å². The van der Waals surface area contributed by atoms with Crippen molar-refractivity contribution in [2.45, 2.75) is 30.7 Å². The molecule has 158 valence electrons. The van der Waals surface area contributed by atoms with Gasteiger partial charge in [-0.3, -0.25) is 4.90 Å². The minimum Gasteiger partial charge on any atom is -0.495 e. The number of hydrogen-bond donors (Lipinski definition) is 1. The summed E-state index contributed by atoms with van der Waals surface area (Å²) in [5.74, 6) is 0.358. The summed E-state index contributed by atoms with van der Waals surface area (Å²) in [4.78, 5) is 4.60. The molecule has 3 rings (SSSR count). The number of likely N-dealkylation sites (tertiary alicyclic amines) is 1. The number of sulfonamides is 1. The maximum atomic E-state index is 13.0. The maximum absolute atomic E-state index is 13.0. The van der Waals surface area contributed by atoms with Crippen LogP contribution in [0, 0.1) is 6.92 Å². The summed E-state index contributed by atoms with van der Waals surface area (Å²) in [5, 5.41) is 0. The molecule has 1 unspecified atom stereocenters. The Balaban J connectivity index is 1.84. The van der Waals surface area contributed by atoms with E-state index in [2.05, 4.69) is 38.8 Å². The van der Waals surface area contributed by atoms with Gasteiger partial charge in [-0.25, -0.2) is 13.1 Å². The lowest BCUT2D eigenvalue weighted by atomic mass is 10.1. The smallest absolute Gasteiger partial charge is 0.244 e. The van der Waals surface area contributed by atoms with Gasteiger partial charge < -0.3 is 9.64 Å². The van der Waals surface area contributed by atoms with Crippen molar-refractivity contribution in [2.24, 2.45) is 0 Å². The first kappa shape index (κ1) is 21.6. The molecule has 0 aliphatic carbocycles. The number of methoxy groups -OCH3 is 1. The lowest BCUT2D eigenvalue weighted by molar-refractivity contribution is 0.246. The molecule has 0 amide bonds. The molecule has 1 aliphatic rings. The Morgan fingerprint density at radius 2 is 1.76 bits per heavy atom. The number of anilines is 1. The molecule has 1 aliphatic heterocycles. The van der Waals surface area contributed by atoms with Crippen LogP contribution in [0.2, 0.25) is 0 Å². The van der Waals surface area contributed by atoms with Crippen LogP contribution in [0.3, 0.4) is 0 Å². The van der Waals surface area contributed by atoms with E-state index in [1.165, 1.54) is 7.11 Å². The number of ether oxygens (including phenoxy) is 1. The molecule has 2 aromatic carbocycles. The fourth-order valence-corrected chi connectivity index (χ4v) is 5.06. The number of nitrogens with zero attached hydrogens (tertiary/aromatic N) is 2. The van der Waals surface area contributed by atoms with Gasteiger partial charge in [0.15, 0.2) is 0 Å². The van der Waals surface area contributed by atoms with Crippen molar-refractivity contribution in [2.75, 3.05) is 45.7 Å². The average Bonchev–Trinajstić information content (AvgIpc) is 3.23. The van der Waals surface area contributed by atoms with E-state index >= 15 is 0 Å². The molecule has 1 heterocycles. The highest BCUT2D eigenvalue weighted by atomic mass is 32.2. The number of benzene rings is 2. The average molecular weight is 418 g/mol. The minimum absolute atomic E-state index is 0.000656. The van der Waals surface area contributed by atoms with Crippen molar-refractivity contribution in [1.82, 2.24) is 9.62 Å². The van der Waals surface area contributed by atoms with Crippen LogP contribution in [0.1, 0.15) is 30.0 Å². The van der Waals surface area contributed by atoms with Crippen LogP contribution < -0.4 is 14.4 Å². The SMILES string of the molecule is COc1ccc(C)cc1S(=O)(=O)NCC(c1ccc(N(C)C)cc1)N1CCCC1. The zero-order valence-corrected chi connectivity index (χ0v) is 18.5. The molecule has 1 fully saturated rings. The van der Waals surface area contributed by atoms with Crippen molar-refractivity contribution in [3.63, 3.8) is 0 Å². The van der Waals surface area contributed by atoms with Gasteiger partial charge in [-0.1, -0.05) is 18.2 Å². The third kappa shape index (κ3) is 5.10. The highest BCUT2D eigenvalue weighted by molar-refractivity contribution is 7.89. The summed E-state index contributed by atoms with van der Waals surface area (Å²) in [5.41, 5.74) is 3.12. The molecule has 7 heteroatoms. The largest absolute Gasteiger partial charge is 0.495 e. The monoisotopic (exact) mass is 417 g/mol. The lowest BCUT2D eigenvalue weighted by Crippen LogP contribution is -2.37. The Kier molecular flexibility index (Phi) is 6.82. The van der Waals surface area contributed by atoms with Crippen molar-refractivity contribution in [3.05, 3.63) is 53.6 Å². The van der Waals surface area contributed by atoms with Crippen LogP contribution in [0.25, 0.3) is 0 Å². The normalized spacial score (nSPS) is 16.0. The summed E-state index contributed by atoms with van der Waals surface area (Å²) in [7, 11) is 1.82. The first-order chi connectivity index (χ1) is 13.8. The van der Waals surface area contributed by atoms with Gasteiger partial charge in [-0.15, -0.1) is 0 Å². The van der Waals surface area contributed by atoms with Gasteiger partial charge in [0.25, 0.3) is 0 Å². The number of rotatable bonds is 8. The molecule has 0 bridgehead atoms. The summed E-state index contributed by atoms with van der Waals surface area (Å²) in [6, 6.07) is 13.5. The zero-order valence-electron chi connectivity index (χ0n) is 17.7. The summed E-state index contributed by atoms with van der Waals surface area (Å²) in [6.07, 6.45) is 2.29. The standard InChI is InChI=1S/C22H31N3O3S/c1-17-7-12-21(28-4)22(15-17)29(26,27)23-16-20(25-13-5-6-14-25)18-8-10-19(11-9-18)24(2)3/h7-12,15,20,23H,5-6,13-14,16H2,1-4H3. The molecule has 1 saturated heterocycles. The molecule has 0 aromatic heterocycles. The predicted octanol–water partition coefficient (Wildman–Crippen LogP) is 3.19. The van der Waals surface area contributed by atoms with Crippen LogP contribution in [0.5, 0.6) is 5.75 Å². The van der Waals surface area contributed by atoms with E-state index < -0.39 is 10.0 Å². The van der Waals surface area contributed by atoms with E-state index in [1.54, 1.807) is 12.1 Å². The third-order valence-electron chi connectivity index (χ3n) is 5.45. The molecule has 0 spiro atoms. The second kappa shape index (κ2) is 9.15. The second-order valence-corrected chi connectivity index (χ2v) is 9.49. The summed E-state index contributed by atoms with van der Waals surface area (Å²) < 4.78 is 34.2. The predicted molar refractivity (Wildman–Crippen MR) is 117 cm³/mol. The molecular weight excluding hydrogens is 386 g/mol.